The summed E-state index contributed by atoms with van der Waals surface area (Å²) in [6.07, 6.45) is 3.85. The van der Waals surface area contributed by atoms with Crippen LogP contribution in [0.25, 0.3) is 5.65 Å². The molecule has 5 rings (SSSR count). The van der Waals surface area contributed by atoms with Crippen molar-refractivity contribution in [3.05, 3.63) is 65.1 Å². The van der Waals surface area contributed by atoms with Gasteiger partial charge in [0.05, 0.1) is 18.4 Å². The molecule has 7 heteroatoms. The number of fused-ring (bicyclic) bond motifs is 1. The zero-order chi connectivity index (χ0) is 22.3. The summed E-state index contributed by atoms with van der Waals surface area (Å²) < 4.78 is 13.8. The fourth-order valence-corrected chi connectivity index (χ4v) is 4.70. The maximum Gasteiger partial charge on any atom is 0.270 e. The van der Waals surface area contributed by atoms with Gasteiger partial charge in [0, 0.05) is 44.4 Å². The van der Waals surface area contributed by atoms with Gasteiger partial charge in [0.15, 0.2) is 5.79 Å². The zero-order valence-corrected chi connectivity index (χ0v) is 18.9. The first kappa shape index (κ1) is 21.0. The van der Waals surface area contributed by atoms with Crippen molar-refractivity contribution in [1.82, 2.24) is 14.7 Å². The largest absolute Gasteiger partial charge is 0.371 e. The van der Waals surface area contributed by atoms with Gasteiger partial charge in [-0.05, 0) is 56.2 Å². The van der Waals surface area contributed by atoms with Crippen LogP contribution in [0, 0.1) is 13.8 Å². The molecule has 0 bridgehead atoms. The Hall–Kier alpha value is -2.90. The SMILES string of the molecule is Cc1ccn2c(C(=O)NCc3ccc(N4CCC5(CC4)OC[C@@H](C)O5)cc3)c(C)nc2c1. The minimum atomic E-state index is -0.380. The van der Waals surface area contributed by atoms with Crippen molar-refractivity contribution in [3.63, 3.8) is 0 Å². The van der Waals surface area contributed by atoms with E-state index in [1.54, 1.807) is 0 Å². The molecule has 32 heavy (non-hydrogen) atoms. The molecule has 2 saturated heterocycles. The lowest BCUT2D eigenvalue weighted by atomic mass is 10.0. The summed E-state index contributed by atoms with van der Waals surface area (Å²) in [7, 11) is 0. The lowest BCUT2D eigenvalue weighted by Crippen LogP contribution is -2.45. The number of amides is 1. The average Bonchev–Trinajstić information content (AvgIpc) is 3.31. The third-order valence-electron chi connectivity index (χ3n) is 6.45. The first-order chi connectivity index (χ1) is 15.4. The lowest BCUT2D eigenvalue weighted by molar-refractivity contribution is -0.178. The van der Waals surface area contributed by atoms with Gasteiger partial charge < -0.3 is 19.7 Å². The molecule has 2 aliphatic heterocycles. The number of nitrogens with one attached hydrogen (secondary N) is 1. The maximum atomic E-state index is 12.9. The Balaban J connectivity index is 1.20. The third-order valence-corrected chi connectivity index (χ3v) is 6.45. The van der Waals surface area contributed by atoms with E-state index in [0.717, 1.165) is 48.4 Å². The number of rotatable bonds is 4. The Morgan fingerprint density at radius 2 is 1.94 bits per heavy atom. The Labute approximate surface area is 188 Å². The summed E-state index contributed by atoms with van der Waals surface area (Å²) in [4.78, 5) is 19.7. The molecule has 1 spiro atoms. The lowest BCUT2D eigenvalue weighted by Gasteiger charge is -2.39. The van der Waals surface area contributed by atoms with E-state index in [-0.39, 0.29) is 17.8 Å². The van der Waals surface area contributed by atoms with Gasteiger partial charge in [-0.3, -0.25) is 9.20 Å². The normalized spacial score (nSPS) is 20.2. The van der Waals surface area contributed by atoms with E-state index in [1.807, 2.05) is 36.6 Å². The van der Waals surface area contributed by atoms with Gasteiger partial charge in [0.1, 0.15) is 11.3 Å². The van der Waals surface area contributed by atoms with Crippen LogP contribution in [0.3, 0.4) is 0 Å². The van der Waals surface area contributed by atoms with Gasteiger partial charge in [-0.2, -0.15) is 0 Å². The highest BCUT2D eigenvalue weighted by molar-refractivity contribution is 5.94. The first-order valence-corrected chi connectivity index (χ1v) is 11.3. The van der Waals surface area contributed by atoms with E-state index in [1.165, 1.54) is 5.69 Å². The van der Waals surface area contributed by atoms with Gasteiger partial charge >= 0.3 is 0 Å². The third kappa shape index (κ3) is 3.98. The van der Waals surface area contributed by atoms with Crippen LogP contribution in [0.2, 0.25) is 0 Å². The van der Waals surface area contributed by atoms with E-state index >= 15 is 0 Å². The number of aromatic nitrogens is 2. The maximum absolute atomic E-state index is 12.9. The second-order valence-corrected chi connectivity index (χ2v) is 8.96. The number of hydrogen-bond acceptors (Lipinski definition) is 5. The summed E-state index contributed by atoms with van der Waals surface area (Å²) in [6, 6.07) is 12.4. The summed E-state index contributed by atoms with van der Waals surface area (Å²) >= 11 is 0. The van der Waals surface area contributed by atoms with Crippen LogP contribution >= 0.6 is 0 Å². The summed E-state index contributed by atoms with van der Waals surface area (Å²) in [5.74, 6) is -0.496. The number of piperidine rings is 1. The summed E-state index contributed by atoms with van der Waals surface area (Å²) in [5.41, 5.74) is 5.49. The highest BCUT2D eigenvalue weighted by Gasteiger charge is 2.42. The number of benzene rings is 1. The van der Waals surface area contributed by atoms with E-state index in [2.05, 4.69) is 46.4 Å². The van der Waals surface area contributed by atoms with Gasteiger partial charge in [-0.25, -0.2) is 4.98 Å². The minimum absolute atomic E-state index is 0.116. The van der Waals surface area contributed by atoms with Crippen LogP contribution in [-0.4, -0.2) is 46.9 Å². The standard InChI is InChI=1S/C25H30N4O3/c1-17-8-11-29-22(14-17)27-19(3)23(29)24(30)26-15-20-4-6-21(7-5-20)28-12-9-25(10-13-28)31-16-18(2)32-25/h4-8,11,14,18H,9-10,12-13,15-16H2,1-3H3,(H,26,30)/t18-/m1/s1. The number of pyridine rings is 1. The average molecular weight is 435 g/mol. The van der Waals surface area contributed by atoms with Crippen LogP contribution in [0.1, 0.15) is 47.1 Å². The topological polar surface area (TPSA) is 68.1 Å². The Bertz CT molecular complexity index is 1130. The Morgan fingerprint density at radius 1 is 1.19 bits per heavy atom. The minimum Gasteiger partial charge on any atom is -0.371 e. The van der Waals surface area contributed by atoms with Crippen molar-refractivity contribution in [3.8, 4) is 0 Å². The molecule has 168 valence electrons. The number of aryl methyl sites for hydroxylation is 2. The second kappa shape index (κ2) is 8.22. The number of carbonyl (C=O) groups is 1. The molecule has 2 aliphatic rings. The van der Waals surface area contributed by atoms with Crippen molar-refractivity contribution in [2.45, 2.75) is 52.0 Å². The molecule has 3 aromatic rings. The molecule has 1 atom stereocenters. The smallest absolute Gasteiger partial charge is 0.270 e. The fraction of sp³-hybridized carbons (Fsp3) is 0.440. The van der Waals surface area contributed by atoms with Crippen LogP contribution in [0.15, 0.2) is 42.6 Å². The summed E-state index contributed by atoms with van der Waals surface area (Å²) in [6.45, 7) is 8.94. The number of ether oxygens (including phenoxy) is 2. The molecule has 0 aliphatic carbocycles. The van der Waals surface area contributed by atoms with Gasteiger partial charge in [-0.15, -0.1) is 0 Å². The van der Waals surface area contributed by atoms with Crippen molar-refractivity contribution in [2.24, 2.45) is 0 Å². The molecule has 1 N–H and O–H groups in total. The molecule has 7 nitrogen and oxygen atoms in total. The number of hydrogen-bond donors (Lipinski definition) is 1. The van der Waals surface area contributed by atoms with Crippen LogP contribution in [-0.2, 0) is 16.0 Å². The molecule has 0 radical (unpaired) electrons. The van der Waals surface area contributed by atoms with E-state index < -0.39 is 0 Å². The monoisotopic (exact) mass is 434 g/mol. The number of anilines is 1. The van der Waals surface area contributed by atoms with Gasteiger partial charge in [0.2, 0.25) is 0 Å². The fourth-order valence-electron chi connectivity index (χ4n) is 4.70. The first-order valence-electron chi connectivity index (χ1n) is 11.3. The summed E-state index contributed by atoms with van der Waals surface area (Å²) in [5, 5.41) is 3.04. The van der Waals surface area contributed by atoms with Crippen molar-refractivity contribution in [1.29, 1.82) is 0 Å². The van der Waals surface area contributed by atoms with Crippen LogP contribution in [0.4, 0.5) is 5.69 Å². The van der Waals surface area contributed by atoms with Crippen molar-refractivity contribution < 1.29 is 14.3 Å². The van der Waals surface area contributed by atoms with Gasteiger partial charge in [-0.1, -0.05) is 12.1 Å². The highest BCUT2D eigenvalue weighted by Crippen LogP contribution is 2.35. The van der Waals surface area contributed by atoms with Crippen molar-refractivity contribution in [2.75, 3.05) is 24.6 Å². The predicted octanol–water partition coefficient (Wildman–Crippen LogP) is 3.61. The van der Waals surface area contributed by atoms with Crippen LogP contribution < -0.4 is 10.2 Å². The predicted molar refractivity (Wildman–Crippen MR) is 123 cm³/mol. The second-order valence-electron chi connectivity index (χ2n) is 8.96. The molecule has 1 amide bonds. The van der Waals surface area contributed by atoms with Crippen LogP contribution in [0.5, 0.6) is 0 Å². The number of imidazole rings is 1. The molecule has 0 unspecified atom stereocenters. The van der Waals surface area contributed by atoms with Gasteiger partial charge in [0.25, 0.3) is 5.91 Å². The molecular formula is C25H30N4O3. The molecule has 1 aromatic carbocycles. The van der Waals surface area contributed by atoms with E-state index in [0.29, 0.717) is 18.8 Å². The quantitative estimate of drug-likeness (QED) is 0.679. The molecule has 0 saturated carbocycles. The highest BCUT2D eigenvalue weighted by atomic mass is 16.7. The number of nitrogens with zero attached hydrogens (tertiary/aromatic N) is 3. The van der Waals surface area contributed by atoms with E-state index in [4.69, 9.17) is 9.47 Å². The Morgan fingerprint density at radius 3 is 2.62 bits per heavy atom. The molecule has 4 heterocycles. The molecular weight excluding hydrogens is 404 g/mol. The zero-order valence-electron chi connectivity index (χ0n) is 18.9. The molecule has 2 aromatic heterocycles. The molecule has 2 fully saturated rings. The van der Waals surface area contributed by atoms with E-state index in [9.17, 15) is 4.79 Å². The van der Waals surface area contributed by atoms with Crippen molar-refractivity contribution >= 4 is 17.2 Å². The Kier molecular flexibility index (Phi) is 5.39. The number of carbonyl (C=O) groups excluding carboxylic acids is 1.